The number of hydrogen-bond acceptors (Lipinski definition) is 3. The molecule has 2 rings (SSSR count). The second kappa shape index (κ2) is 5.43. The fourth-order valence-electron chi connectivity index (χ4n) is 1.47. The summed E-state index contributed by atoms with van der Waals surface area (Å²) in [5, 5.41) is 8.77. The van der Waals surface area contributed by atoms with E-state index in [1.165, 1.54) is 18.3 Å². The molecule has 0 saturated carbocycles. The first-order valence-corrected chi connectivity index (χ1v) is 5.31. The molecule has 6 heteroatoms. The maximum absolute atomic E-state index is 13.2. The lowest BCUT2D eigenvalue weighted by Crippen LogP contribution is -2.01. The highest BCUT2D eigenvalue weighted by Gasteiger charge is 2.08. The van der Waals surface area contributed by atoms with Crippen molar-refractivity contribution < 1.29 is 23.4 Å². The average Bonchev–Trinajstić information content (AvgIpc) is 2.36. The summed E-state index contributed by atoms with van der Waals surface area (Å²) in [6.07, 6.45) is 2.45. The number of rotatable bonds is 4. The first-order valence-electron chi connectivity index (χ1n) is 5.31. The first kappa shape index (κ1) is 12.9. The molecule has 0 atom stereocenters. The van der Waals surface area contributed by atoms with Crippen LogP contribution in [0.15, 0.2) is 36.7 Å². The van der Waals surface area contributed by atoms with Crippen LogP contribution in [0.2, 0.25) is 0 Å². The van der Waals surface area contributed by atoms with Crippen LogP contribution in [-0.2, 0) is 6.61 Å². The molecule has 1 aromatic heterocycles. The third kappa shape index (κ3) is 3.48. The van der Waals surface area contributed by atoms with Gasteiger partial charge in [-0.2, -0.15) is 0 Å². The Balaban J connectivity index is 2.13. The number of nitrogens with zero attached hydrogens (tertiary/aromatic N) is 1. The first-order chi connectivity index (χ1) is 9.04. The van der Waals surface area contributed by atoms with E-state index in [1.807, 2.05) is 0 Å². The summed E-state index contributed by atoms with van der Waals surface area (Å²) in [4.78, 5) is 14.4. The van der Waals surface area contributed by atoms with E-state index in [2.05, 4.69) is 4.98 Å². The van der Waals surface area contributed by atoms with Gasteiger partial charge in [0.1, 0.15) is 24.0 Å². The molecular formula is C13H9F2NO3. The summed E-state index contributed by atoms with van der Waals surface area (Å²) < 4.78 is 31.2. The van der Waals surface area contributed by atoms with E-state index in [4.69, 9.17) is 9.84 Å². The Bertz CT molecular complexity index is 617. The van der Waals surface area contributed by atoms with E-state index in [-0.39, 0.29) is 17.9 Å². The molecule has 0 fully saturated rings. The van der Waals surface area contributed by atoms with Crippen molar-refractivity contribution in [2.24, 2.45) is 0 Å². The third-order valence-electron chi connectivity index (χ3n) is 2.29. The largest absolute Gasteiger partial charge is 0.489 e. The van der Waals surface area contributed by atoms with Gasteiger partial charge >= 0.3 is 5.97 Å². The Hall–Kier alpha value is -2.50. The number of aromatic carboxylic acids is 1. The van der Waals surface area contributed by atoms with Gasteiger partial charge in [0.2, 0.25) is 0 Å². The number of halogens is 2. The molecular weight excluding hydrogens is 256 g/mol. The predicted molar refractivity (Wildman–Crippen MR) is 61.9 cm³/mol. The summed E-state index contributed by atoms with van der Waals surface area (Å²) in [5.41, 5.74) is 0.244. The zero-order chi connectivity index (χ0) is 13.8. The van der Waals surface area contributed by atoms with Crippen LogP contribution >= 0.6 is 0 Å². The Kier molecular flexibility index (Phi) is 3.70. The van der Waals surface area contributed by atoms with Crippen LogP contribution in [0.5, 0.6) is 5.75 Å². The lowest BCUT2D eigenvalue weighted by atomic mass is 10.2. The minimum absolute atomic E-state index is 0.0345. The second-order valence-corrected chi connectivity index (χ2v) is 3.78. The van der Waals surface area contributed by atoms with Crippen LogP contribution in [0.4, 0.5) is 8.78 Å². The van der Waals surface area contributed by atoms with Gasteiger partial charge in [-0.3, -0.25) is 4.98 Å². The van der Waals surface area contributed by atoms with Gasteiger partial charge in [-0.25, -0.2) is 13.6 Å². The average molecular weight is 265 g/mol. The van der Waals surface area contributed by atoms with Crippen molar-refractivity contribution in [3.05, 3.63) is 59.4 Å². The molecule has 0 aliphatic rings. The molecule has 19 heavy (non-hydrogen) atoms. The fraction of sp³-hybridized carbons (Fsp3) is 0.0769. The van der Waals surface area contributed by atoms with Gasteiger partial charge in [-0.1, -0.05) is 0 Å². The van der Waals surface area contributed by atoms with Crippen molar-refractivity contribution in [2.75, 3.05) is 0 Å². The molecule has 1 N–H and O–H groups in total. The van der Waals surface area contributed by atoms with E-state index in [0.717, 1.165) is 18.3 Å². The molecule has 0 amide bonds. The number of ether oxygens (including phenoxy) is 1. The Morgan fingerprint density at radius 1 is 1.16 bits per heavy atom. The van der Waals surface area contributed by atoms with Crippen LogP contribution in [0.3, 0.4) is 0 Å². The quantitative estimate of drug-likeness (QED) is 0.923. The maximum atomic E-state index is 13.2. The highest BCUT2D eigenvalue weighted by atomic mass is 19.1. The van der Waals surface area contributed by atoms with Gasteiger partial charge in [0.25, 0.3) is 0 Å². The van der Waals surface area contributed by atoms with Crippen molar-refractivity contribution in [3.63, 3.8) is 0 Å². The van der Waals surface area contributed by atoms with Crippen molar-refractivity contribution in [1.29, 1.82) is 0 Å². The minimum Gasteiger partial charge on any atom is -0.489 e. The highest BCUT2D eigenvalue weighted by Crippen LogP contribution is 2.18. The second-order valence-electron chi connectivity index (χ2n) is 3.78. The van der Waals surface area contributed by atoms with Gasteiger partial charge in [-0.05, 0) is 18.2 Å². The fourth-order valence-corrected chi connectivity index (χ4v) is 1.47. The highest BCUT2D eigenvalue weighted by molar-refractivity contribution is 5.88. The molecule has 0 saturated heterocycles. The Morgan fingerprint density at radius 2 is 1.95 bits per heavy atom. The van der Waals surface area contributed by atoms with Crippen molar-refractivity contribution in [2.45, 2.75) is 6.61 Å². The van der Waals surface area contributed by atoms with Gasteiger partial charge < -0.3 is 9.84 Å². The molecule has 98 valence electrons. The lowest BCUT2D eigenvalue weighted by Gasteiger charge is -2.07. The van der Waals surface area contributed by atoms with Crippen LogP contribution < -0.4 is 4.74 Å². The number of aromatic nitrogens is 1. The van der Waals surface area contributed by atoms with E-state index in [0.29, 0.717) is 5.56 Å². The molecule has 2 aromatic rings. The molecule has 1 aromatic carbocycles. The smallest absolute Gasteiger partial charge is 0.335 e. The van der Waals surface area contributed by atoms with Crippen LogP contribution in [-0.4, -0.2) is 16.1 Å². The topological polar surface area (TPSA) is 59.4 Å². The van der Waals surface area contributed by atoms with Crippen molar-refractivity contribution >= 4 is 5.97 Å². The molecule has 1 heterocycles. The zero-order valence-corrected chi connectivity index (χ0v) is 9.64. The standard InChI is InChI=1S/C13H9F2NO3/c14-10-2-9(13(17)18)3-12(4-10)19-7-8-1-11(15)6-16-5-8/h1-6H,7H2,(H,17,18). The van der Waals surface area contributed by atoms with Crippen LogP contribution in [0.25, 0.3) is 0 Å². The minimum atomic E-state index is -1.25. The summed E-state index contributed by atoms with van der Waals surface area (Å²) in [6, 6.07) is 4.36. The molecule has 4 nitrogen and oxygen atoms in total. The summed E-state index contributed by atoms with van der Waals surface area (Å²) in [5.74, 6) is -2.42. The monoisotopic (exact) mass is 265 g/mol. The van der Waals surface area contributed by atoms with Crippen LogP contribution in [0, 0.1) is 11.6 Å². The Morgan fingerprint density at radius 3 is 2.63 bits per heavy atom. The number of pyridine rings is 1. The van der Waals surface area contributed by atoms with E-state index >= 15 is 0 Å². The van der Waals surface area contributed by atoms with Gasteiger partial charge in [-0.15, -0.1) is 0 Å². The lowest BCUT2D eigenvalue weighted by molar-refractivity contribution is 0.0695. The number of carboxylic acids is 1. The SMILES string of the molecule is O=C(O)c1cc(F)cc(OCc2cncc(F)c2)c1. The predicted octanol–water partition coefficient (Wildman–Crippen LogP) is 2.64. The molecule has 0 bridgehead atoms. The van der Waals surface area contributed by atoms with Gasteiger partial charge in [0.15, 0.2) is 0 Å². The van der Waals surface area contributed by atoms with Crippen LogP contribution in [0.1, 0.15) is 15.9 Å². The molecule has 0 aliphatic carbocycles. The summed E-state index contributed by atoms with van der Waals surface area (Å²) >= 11 is 0. The van der Waals surface area contributed by atoms with E-state index < -0.39 is 17.6 Å². The number of benzene rings is 1. The molecule has 0 spiro atoms. The van der Waals surface area contributed by atoms with Gasteiger partial charge in [0.05, 0.1) is 11.8 Å². The number of carboxylic acid groups (broad SMARTS) is 1. The van der Waals surface area contributed by atoms with E-state index in [9.17, 15) is 13.6 Å². The normalized spacial score (nSPS) is 10.2. The summed E-state index contributed by atoms with van der Waals surface area (Å²) in [6.45, 7) is -0.0345. The van der Waals surface area contributed by atoms with Gasteiger partial charge in [0, 0.05) is 17.8 Å². The maximum Gasteiger partial charge on any atom is 0.335 e. The number of hydrogen-bond donors (Lipinski definition) is 1. The zero-order valence-electron chi connectivity index (χ0n) is 9.64. The third-order valence-corrected chi connectivity index (χ3v) is 2.29. The van der Waals surface area contributed by atoms with E-state index in [1.54, 1.807) is 0 Å². The van der Waals surface area contributed by atoms with Crippen molar-refractivity contribution in [3.8, 4) is 5.75 Å². The molecule has 0 radical (unpaired) electrons. The number of carbonyl (C=O) groups is 1. The summed E-state index contributed by atoms with van der Waals surface area (Å²) in [7, 11) is 0. The molecule has 0 aliphatic heterocycles. The Labute approximate surface area is 107 Å². The molecule has 0 unspecified atom stereocenters. The van der Waals surface area contributed by atoms with Crippen molar-refractivity contribution in [1.82, 2.24) is 4.98 Å².